The van der Waals surface area contributed by atoms with Crippen molar-refractivity contribution < 1.29 is 0 Å². The van der Waals surface area contributed by atoms with Gasteiger partial charge in [0.2, 0.25) is 0 Å². The molecular weight excluding hydrogens is 276 g/mol. The van der Waals surface area contributed by atoms with E-state index in [0.717, 1.165) is 0 Å². The monoisotopic (exact) mass is 306 g/mol. The first-order chi connectivity index (χ1) is 10.5. The molecule has 0 saturated carbocycles. The Labute approximate surface area is 141 Å². The maximum atomic E-state index is 2.39. The van der Waals surface area contributed by atoms with E-state index in [2.05, 4.69) is 91.8 Å². The molecule has 0 atom stereocenters. The Morgan fingerprint density at radius 3 is 1.78 bits per heavy atom. The highest BCUT2D eigenvalue weighted by Crippen LogP contribution is 2.54. The molecule has 0 nitrogen and oxygen atoms in total. The highest BCUT2D eigenvalue weighted by atomic mass is 14.4. The van der Waals surface area contributed by atoms with Gasteiger partial charge in [0.15, 0.2) is 0 Å². The van der Waals surface area contributed by atoms with Gasteiger partial charge in [-0.05, 0) is 44.2 Å². The van der Waals surface area contributed by atoms with Crippen molar-refractivity contribution in [1.29, 1.82) is 0 Å². The van der Waals surface area contributed by atoms with Crippen LogP contribution in [0.3, 0.4) is 0 Å². The van der Waals surface area contributed by atoms with Gasteiger partial charge in [-0.15, -0.1) is 0 Å². The molecule has 0 heteroatoms. The van der Waals surface area contributed by atoms with Crippen molar-refractivity contribution in [1.82, 2.24) is 0 Å². The summed E-state index contributed by atoms with van der Waals surface area (Å²) in [5, 5.41) is 0. The summed E-state index contributed by atoms with van der Waals surface area (Å²) in [7, 11) is 0. The molecule has 1 aliphatic carbocycles. The summed E-state index contributed by atoms with van der Waals surface area (Å²) in [5.74, 6) is 0. The van der Waals surface area contributed by atoms with Crippen LogP contribution >= 0.6 is 0 Å². The molecule has 2 aromatic rings. The highest BCUT2D eigenvalue weighted by molar-refractivity contribution is 5.85. The molecule has 122 valence electrons. The van der Waals surface area contributed by atoms with Gasteiger partial charge in [-0.25, -0.2) is 0 Å². The van der Waals surface area contributed by atoms with E-state index in [-0.39, 0.29) is 16.2 Å². The quantitative estimate of drug-likeness (QED) is 0.515. The molecule has 0 unspecified atom stereocenters. The minimum atomic E-state index is 0.0653. The maximum absolute atomic E-state index is 2.39. The molecule has 0 spiro atoms. The Bertz CT molecular complexity index is 762. The summed E-state index contributed by atoms with van der Waals surface area (Å²) in [6.45, 7) is 18.8. The number of benzene rings is 2. The lowest BCUT2D eigenvalue weighted by molar-refractivity contribution is 0.550. The van der Waals surface area contributed by atoms with E-state index in [1.54, 1.807) is 5.56 Å². The third-order valence-corrected chi connectivity index (χ3v) is 5.32. The molecule has 0 radical (unpaired) electrons. The fourth-order valence-electron chi connectivity index (χ4n) is 4.16. The van der Waals surface area contributed by atoms with E-state index >= 15 is 0 Å². The molecule has 1 aliphatic rings. The zero-order chi connectivity index (χ0) is 17.2. The van der Waals surface area contributed by atoms with Gasteiger partial charge in [-0.3, -0.25) is 0 Å². The van der Waals surface area contributed by atoms with Crippen LogP contribution in [0.15, 0.2) is 36.4 Å². The van der Waals surface area contributed by atoms with Crippen molar-refractivity contribution >= 4 is 0 Å². The van der Waals surface area contributed by atoms with E-state index in [4.69, 9.17) is 0 Å². The molecule has 2 aromatic carbocycles. The lowest BCUT2D eigenvalue weighted by atomic mass is 9.71. The van der Waals surface area contributed by atoms with Crippen molar-refractivity contribution in [2.24, 2.45) is 0 Å². The molecule has 3 rings (SSSR count). The van der Waals surface area contributed by atoms with Gasteiger partial charge in [0.1, 0.15) is 0 Å². The molecule has 0 fully saturated rings. The van der Waals surface area contributed by atoms with Gasteiger partial charge in [0.25, 0.3) is 0 Å². The lowest BCUT2D eigenvalue weighted by Gasteiger charge is -2.33. The van der Waals surface area contributed by atoms with Crippen molar-refractivity contribution in [3.8, 4) is 11.1 Å². The van der Waals surface area contributed by atoms with E-state index in [1.807, 2.05) is 0 Å². The Morgan fingerprint density at radius 1 is 0.696 bits per heavy atom. The standard InChI is InChI=1S/C23H30/c1-21(2,3)17-13-14-18(22(4,5)6)20-19(17)15-11-9-10-12-16(15)23(20,7)8/h9-14H,1-8H3. The van der Waals surface area contributed by atoms with Crippen LogP contribution in [0.25, 0.3) is 11.1 Å². The summed E-state index contributed by atoms with van der Waals surface area (Å²) in [6, 6.07) is 13.7. The van der Waals surface area contributed by atoms with E-state index < -0.39 is 0 Å². The molecule has 23 heavy (non-hydrogen) atoms. The van der Waals surface area contributed by atoms with Crippen molar-refractivity contribution in [2.45, 2.75) is 71.6 Å². The number of fused-ring (bicyclic) bond motifs is 3. The maximum Gasteiger partial charge on any atom is 0.0161 e. The number of rotatable bonds is 0. The third kappa shape index (κ3) is 2.35. The first-order valence-electron chi connectivity index (χ1n) is 8.74. The van der Waals surface area contributed by atoms with E-state index in [9.17, 15) is 0 Å². The van der Waals surface area contributed by atoms with Crippen molar-refractivity contribution in [3.63, 3.8) is 0 Å². The van der Waals surface area contributed by atoms with Crippen LogP contribution < -0.4 is 0 Å². The molecule has 0 heterocycles. The molecule has 0 aliphatic heterocycles. The minimum Gasteiger partial charge on any atom is -0.0619 e. The van der Waals surface area contributed by atoms with Crippen molar-refractivity contribution in [3.05, 3.63) is 58.7 Å². The van der Waals surface area contributed by atoms with Gasteiger partial charge in [-0.1, -0.05) is 91.8 Å². The fourth-order valence-corrected chi connectivity index (χ4v) is 4.16. The zero-order valence-corrected chi connectivity index (χ0v) is 16.0. The minimum absolute atomic E-state index is 0.0653. The van der Waals surface area contributed by atoms with Crippen LogP contribution in [0.5, 0.6) is 0 Å². The number of hydrogen-bond donors (Lipinski definition) is 0. The smallest absolute Gasteiger partial charge is 0.0161 e. The first kappa shape index (κ1) is 16.3. The van der Waals surface area contributed by atoms with Gasteiger partial charge >= 0.3 is 0 Å². The van der Waals surface area contributed by atoms with Gasteiger partial charge in [-0.2, -0.15) is 0 Å². The largest absolute Gasteiger partial charge is 0.0619 e. The Balaban J connectivity index is 2.49. The predicted octanol–water partition coefficient (Wildman–Crippen LogP) is 6.59. The van der Waals surface area contributed by atoms with E-state index in [0.29, 0.717) is 0 Å². The molecule has 0 aromatic heterocycles. The van der Waals surface area contributed by atoms with Crippen LogP contribution in [0.4, 0.5) is 0 Å². The summed E-state index contributed by atoms with van der Waals surface area (Å²) < 4.78 is 0. The molecular formula is C23H30. The first-order valence-corrected chi connectivity index (χ1v) is 8.74. The van der Waals surface area contributed by atoms with Gasteiger partial charge in [0, 0.05) is 5.41 Å². The van der Waals surface area contributed by atoms with Crippen LogP contribution in [0.1, 0.15) is 77.6 Å². The third-order valence-electron chi connectivity index (χ3n) is 5.32. The number of hydrogen-bond acceptors (Lipinski definition) is 0. The lowest BCUT2D eigenvalue weighted by Crippen LogP contribution is -2.24. The predicted molar refractivity (Wildman–Crippen MR) is 101 cm³/mol. The second kappa shape index (κ2) is 4.72. The fraction of sp³-hybridized carbons (Fsp3) is 0.478. The van der Waals surface area contributed by atoms with Crippen LogP contribution in [-0.4, -0.2) is 0 Å². The van der Waals surface area contributed by atoms with Crippen LogP contribution in [0, 0.1) is 0 Å². The molecule has 0 amide bonds. The van der Waals surface area contributed by atoms with Crippen LogP contribution in [-0.2, 0) is 16.2 Å². The average Bonchev–Trinajstić information content (AvgIpc) is 2.66. The zero-order valence-electron chi connectivity index (χ0n) is 16.0. The topological polar surface area (TPSA) is 0 Å². The Morgan fingerprint density at radius 2 is 1.22 bits per heavy atom. The average molecular weight is 306 g/mol. The Hall–Kier alpha value is -1.56. The highest BCUT2D eigenvalue weighted by Gasteiger charge is 2.41. The van der Waals surface area contributed by atoms with Gasteiger partial charge < -0.3 is 0 Å². The second-order valence-corrected chi connectivity index (χ2v) is 9.58. The molecule has 0 saturated heterocycles. The van der Waals surface area contributed by atoms with Crippen molar-refractivity contribution in [2.75, 3.05) is 0 Å². The van der Waals surface area contributed by atoms with E-state index in [1.165, 1.54) is 27.8 Å². The second-order valence-electron chi connectivity index (χ2n) is 9.58. The van der Waals surface area contributed by atoms with Crippen LogP contribution in [0.2, 0.25) is 0 Å². The molecule has 0 bridgehead atoms. The summed E-state index contributed by atoms with van der Waals surface area (Å²) in [4.78, 5) is 0. The summed E-state index contributed by atoms with van der Waals surface area (Å²) >= 11 is 0. The van der Waals surface area contributed by atoms with Gasteiger partial charge in [0.05, 0.1) is 0 Å². The Kier molecular flexibility index (Phi) is 3.35. The summed E-state index contributed by atoms with van der Waals surface area (Å²) in [6.07, 6.45) is 0. The SMILES string of the molecule is CC(C)(C)c1ccc(C(C)(C)C)c2c1-c1ccccc1C2(C)C. The summed E-state index contributed by atoms with van der Waals surface area (Å²) in [5.41, 5.74) is 9.26. The normalized spacial score (nSPS) is 16.2. The molecule has 0 N–H and O–H groups in total.